The van der Waals surface area contributed by atoms with E-state index >= 15 is 0 Å². The summed E-state index contributed by atoms with van der Waals surface area (Å²) in [6, 6.07) is 0.430. The summed E-state index contributed by atoms with van der Waals surface area (Å²) >= 11 is 2.11. The molecule has 2 heterocycles. The van der Waals surface area contributed by atoms with Gasteiger partial charge in [-0.25, -0.2) is 4.98 Å². The molecule has 0 bridgehead atoms. The zero-order valence-corrected chi connectivity index (χ0v) is 13.1. The van der Waals surface area contributed by atoms with E-state index in [1.54, 1.807) is 0 Å². The van der Waals surface area contributed by atoms with Gasteiger partial charge in [0.2, 0.25) is 0 Å². The van der Waals surface area contributed by atoms with E-state index in [2.05, 4.69) is 46.7 Å². The van der Waals surface area contributed by atoms with Gasteiger partial charge in [0.15, 0.2) is 0 Å². The lowest BCUT2D eigenvalue weighted by Gasteiger charge is -2.27. The van der Waals surface area contributed by atoms with Crippen LogP contribution in [-0.4, -0.2) is 27.6 Å². The molecule has 1 aliphatic heterocycles. The molecule has 1 aliphatic rings. The van der Waals surface area contributed by atoms with Gasteiger partial charge in [0.05, 0.1) is 6.04 Å². The lowest BCUT2D eigenvalue weighted by Crippen LogP contribution is -2.27. The first-order chi connectivity index (χ1) is 9.35. The quantitative estimate of drug-likeness (QED) is 0.830. The van der Waals surface area contributed by atoms with Gasteiger partial charge in [-0.1, -0.05) is 13.8 Å². The minimum atomic E-state index is 0.430. The van der Waals surface area contributed by atoms with Crippen LogP contribution < -0.4 is 5.32 Å². The highest BCUT2D eigenvalue weighted by molar-refractivity contribution is 7.99. The monoisotopic (exact) mass is 281 g/mol. The number of thioether (sulfide) groups is 1. The molecule has 1 N–H and O–H groups in total. The lowest BCUT2D eigenvalue weighted by molar-refractivity contribution is 0.356. The molecule has 2 rings (SSSR count). The van der Waals surface area contributed by atoms with Crippen molar-refractivity contribution in [3.8, 4) is 0 Å². The number of aryl methyl sites for hydroxylation is 1. The summed E-state index contributed by atoms with van der Waals surface area (Å²) < 4.78 is 2.32. The molecule has 108 valence electrons. The number of hydrogen-bond acceptors (Lipinski definition) is 3. The highest BCUT2D eigenvalue weighted by Gasteiger charge is 2.22. The van der Waals surface area contributed by atoms with E-state index < -0.39 is 0 Å². The molecule has 19 heavy (non-hydrogen) atoms. The lowest BCUT2D eigenvalue weighted by atomic mass is 9.94. The fourth-order valence-electron chi connectivity index (χ4n) is 2.90. The zero-order chi connectivity index (χ0) is 13.5. The summed E-state index contributed by atoms with van der Waals surface area (Å²) in [4.78, 5) is 4.61. The van der Waals surface area contributed by atoms with Crippen molar-refractivity contribution in [2.45, 2.75) is 52.1 Å². The van der Waals surface area contributed by atoms with E-state index in [-0.39, 0.29) is 0 Å². The van der Waals surface area contributed by atoms with Gasteiger partial charge in [0.1, 0.15) is 5.82 Å². The van der Waals surface area contributed by atoms with Gasteiger partial charge in [-0.15, -0.1) is 0 Å². The molecule has 1 unspecified atom stereocenters. The van der Waals surface area contributed by atoms with E-state index in [0.29, 0.717) is 6.04 Å². The second-order valence-corrected chi connectivity index (χ2v) is 6.61. The summed E-state index contributed by atoms with van der Waals surface area (Å²) in [6.07, 6.45) is 9.24. The first kappa shape index (κ1) is 14.9. The summed E-state index contributed by atoms with van der Waals surface area (Å²) in [5.41, 5.74) is 0. The first-order valence-corrected chi connectivity index (χ1v) is 8.82. The van der Waals surface area contributed by atoms with Gasteiger partial charge in [0, 0.05) is 18.9 Å². The predicted octanol–water partition coefficient (Wildman–Crippen LogP) is 3.48. The predicted molar refractivity (Wildman–Crippen MR) is 83.6 cm³/mol. The zero-order valence-electron chi connectivity index (χ0n) is 12.3. The molecule has 0 aromatic carbocycles. The van der Waals surface area contributed by atoms with Crippen LogP contribution in [-0.2, 0) is 6.54 Å². The molecule has 0 saturated carbocycles. The van der Waals surface area contributed by atoms with E-state index in [9.17, 15) is 0 Å². The average molecular weight is 281 g/mol. The number of nitrogens with one attached hydrogen (secondary N) is 1. The highest BCUT2D eigenvalue weighted by Crippen LogP contribution is 2.30. The maximum atomic E-state index is 4.61. The van der Waals surface area contributed by atoms with Gasteiger partial charge in [0.25, 0.3) is 0 Å². The first-order valence-electron chi connectivity index (χ1n) is 7.67. The van der Waals surface area contributed by atoms with Crippen LogP contribution >= 0.6 is 11.8 Å². The molecule has 1 atom stereocenters. The van der Waals surface area contributed by atoms with Crippen molar-refractivity contribution >= 4 is 11.8 Å². The Morgan fingerprint density at radius 1 is 1.42 bits per heavy atom. The van der Waals surface area contributed by atoms with Crippen LogP contribution in [0.5, 0.6) is 0 Å². The van der Waals surface area contributed by atoms with Crippen molar-refractivity contribution in [1.82, 2.24) is 14.9 Å². The fourth-order valence-corrected chi connectivity index (χ4v) is 4.11. The van der Waals surface area contributed by atoms with Gasteiger partial charge in [-0.3, -0.25) is 0 Å². The van der Waals surface area contributed by atoms with Crippen LogP contribution in [0.25, 0.3) is 0 Å². The third-order valence-corrected chi connectivity index (χ3v) is 4.93. The Bertz CT molecular complexity index is 358. The average Bonchev–Trinajstić information content (AvgIpc) is 2.88. The number of aromatic nitrogens is 2. The van der Waals surface area contributed by atoms with Crippen LogP contribution in [0.2, 0.25) is 0 Å². The summed E-state index contributed by atoms with van der Waals surface area (Å²) in [5, 5.41) is 3.64. The van der Waals surface area contributed by atoms with Crippen LogP contribution in [0.15, 0.2) is 12.4 Å². The Morgan fingerprint density at radius 2 is 2.21 bits per heavy atom. The molecule has 0 aliphatic carbocycles. The molecular weight excluding hydrogens is 254 g/mol. The van der Waals surface area contributed by atoms with Crippen molar-refractivity contribution < 1.29 is 0 Å². The third kappa shape index (κ3) is 4.25. The van der Waals surface area contributed by atoms with Crippen LogP contribution in [0.1, 0.15) is 51.4 Å². The van der Waals surface area contributed by atoms with E-state index in [1.165, 1.54) is 43.0 Å². The smallest absolute Gasteiger partial charge is 0.125 e. The topological polar surface area (TPSA) is 29.9 Å². The Hall–Kier alpha value is -0.480. The number of rotatable bonds is 7. The number of hydrogen-bond donors (Lipinski definition) is 1. The van der Waals surface area contributed by atoms with E-state index in [4.69, 9.17) is 0 Å². The standard InChI is InChI=1S/C15H27N3S/c1-3-8-18-9-7-17-15(18)14(16-4-2)12-13-5-10-19-11-6-13/h7,9,13-14,16H,3-6,8,10-12H2,1-2H3. The molecule has 1 aromatic rings. The van der Waals surface area contributed by atoms with Crippen molar-refractivity contribution in [2.24, 2.45) is 5.92 Å². The van der Waals surface area contributed by atoms with E-state index in [1.807, 2.05) is 6.20 Å². The highest BCUT2D eigenvalue weighted by atomic mass is 32.2. The maximum absolute atomic E-state index is 4.61. The van der Waals surface area contributed by atoms with Gasteiger partial charge in [-0.2, -0.15) is 11.8 Å². The van der Waals surface area contributed by atoms with Crippen molar-refractivity contribution in [2.75, 3.05) is 18.1 Å². The number of imidazole rings is 1. The third-order valence-electron chi connectivity index (χ3n) is 3.88. The van der Waals surface area contributed by atoms with E-state index in [0.717, 1.165) is 19.0 Å². The Morgan fingerprint density at radius 3 is 2.89 bits per heavy atom. The van der Waals surface area contributed by atoms with Crippen LogP contribution in [0, 0.1) is 5.92 Å². The Kier molecular flexibility index (Phi) is 6.24. The molecular formula is C15H27N3S. The fraction of sp³-hybridized carbons (Fsp3) is 0.800. The second-order valence-electron chi connectivity index (χ2n) is 5.38. The molecule has 1 saturated heterocycles. The van der Waals surface area contributed by atoms with Crippen molar-refractivity contribution in [1.29, 1.82) is 0 Å². The molecule has 0 amide bonds. The largest absolute Gasteiger partial charge is 0.334 e. The minimum absolute atomic E-state index is 0.430. The summed E-state index contributed by atoms with van der Waals surface area (Å²) in [7, 11) is 0. The summed E-state index contributed by atoms with van der Waals surface area (Å²) in [6.45, 7) is 6.52. The van der Waals surface area contributed by atoms with Crippen molar-refractivity contribution in [3.63, 3.8) is 0 Å². The molecule has 4 heteroatoms. The molecule has 1 fully saturated rings. The van der Waals surface area contributed by atoms with Crippen LogP contribution in [0.4, 0.5) is 0 Å². The SMILES string of the molecule is CCCn1ccnc1C(CC1CCSCC1)NCC. The van der Waals surface area contributed by atoms with Gasteiger partial charge < -0.3 is 9.88 Å². The normalized spacial score (nSPS) is 18.6. The second kappa shape index (κ2) is 7.95. The van der Waals surface area contributed by atoms with Gasteiger partial charge in [-0.05, 0) is 49.7 Å². The Balaban J connectivity index is 2.02. The Labute approximate surface area is 121 Å². The van der Waals surface area contributed by atoms with Gasteiger partial charge >= 0.3 is 0 Å². The minimum Gasteiger partial charge on any atom is -0.334 e. The van der Waals surface area contributed by atoms with Crippen LogP contribution in [0.3, 0.4) is 0 Å². The maximum Gasteiger partial charge on any atom is 0.125 e. The van der Waals surface area contributed by atoms with Crippen molar-refractivity contribution in [3.05, 3.63) is 18.2 Å². The number of nitrogens with zero attached hydrogens (tertiary/aromatic N) is 2. The summed E-state index contributed by atoms with van der Waals surface area (Å²) in [5.74, 6) is 4.79. The molecule has 1 aromatic heterocycles. The molecule has 0 spiro atoms. The molecule has 3 nitrogen and oxygen atoms in total. The molecule has 0 radical (unpaired) electrons.